The van der Waals surface area contributed by atoms with Crippen LogP contribution < -0.4 is 4.74 Å². The van der Waals surface area contributed by atoms with Gasteiger partial charge in [-0.3, -0.25) is 4.79 Å². The Labute approximate surface area is 179 Å². The van der Waals surface area contributed by atoms with Crippen LogP contribution >= 0.6 is 0 Å². The van der Waals surface area contributed by atoms with E-state index >= 15 is 0 Å². The van der Waals surface area contributed by atoms with Crippen LogP contribution in [0.15, 0.2) is 42.7 Å². The first-order chi connectivity index (χ1) is 15.4. The van der Waals surface area contributed by atoms with E-state index in [1.165, 1.54) is 23.7 Å². The number of hydrogen-bond acceptors (Lipinski definition) is 7. The molecule has 3 heterocycles. The number of carbonyl (C=O) groups excluding carboxylic acids is 1. The Bertz CT molecular complexity index is 1300. The molecule has 1 aromatic carbocycles. The van der Waals surface area contributed by atoms with E-state index in [9.17, 15) is 18.0 Å². The Morgan fingerprint density at radius 1 is 1.06 bits per heavy atom. The van der Waals surface area contributed by atoms with Gasteiger partial charge in [0.2, 0.25) is 5.82 Å². The fourth-order valence-corrected chi connectivity index (χ4v) is 2.99. The Hall–Kier alpha value is -4.02. The molecule has 0 atom stereocenters. The minimum absolute atomic E-state index is 0.0226. The van der Waals surface area contributed by atoms with Gasteiger partial charge < -0.3 is 9.47 Å². The zero-order chi connectivity index (χ0) is 22.7. The molecule has 0 spiro atoms. The summed E-state index contributed by atoms with van der Waals surface area (Å²) in [6, 6.07) is 7.35. The monoisotopic (exact) mass is 443 g/mol. The Kier molecular flexibility index (Phi) is 5.97. The second-order valence-corrected chi connectivity index (χ2v) is 6.66. The topological polar surface area (TPSA) is 92.0 Å². The molecule has 164 valence electrons. The van der Waals surface area contributed by atoms with Crippen molar-refractivity contribution in [3.05, 3.63) is 65.7 Å². The number of rotatable bonds is 7. The molecule has 0 N–H and O–H groups in total. The van der Waals surface area contributed by atoms with E-state index in [0.717, 1.165) is 12.4 Å². The summed E-state index contributed by atoms with van der Waals surface area (Å²) in [5, 5.41) is 4.64. The molecule has 0 unspecified atom stereocenters. The van der Waals surface area contributed by atoms with Gasteiger partial charge in [-0.05, 0) is 12.1 Å². The van der Waals surface area contributed by atoms with Crippen molar-refractivity contribution < 1.29 is 27.4 Å². The third-order valence-corrected chi connectivity index (χ3v) is 4.38. The minimum atomic E-state index is -0.837. The number of benzene rings is 1. The molecule has 0 bridgehead atoms. The summed E-state index contributed by atoms with van der Waals surface area (Å²) in [4.78, 5) is 22.8. The maximum absolute atomic E-state index is 14.1. The molecule has 0 amide bonds. The van der Waals surface area contributed by atoms with Gasteiger partial charge in [-0.25, -0.2) is 23.4 Å². The van der Waals surface area contributed by atoms with Gasteiger partial charge >= 0.3 is 5.97 Å². The Morgan fingerprint density at radius 3 is 2.66 bits per heavy atom. The maximum Gasteiger partial charge on any atom is 0.302 e. The van der Waals surface area contributed by atoms with Gasteiger partial charge in [-0.1, -0.05) is 18.2 Å². The number of halogens is 3. The van der Waals surface area contributed by atoms with Crippen LogP contribution in [0.5, 0.6) is 5.88 Å². The highest BCUT2D eigenvalue weighted by molar-refractivity contribution is 5.89. The number of pyridine rings is 1. The molecule has 0 aliphatic carbocycles. The average molecular weight is 443 g/mol. The van der Waals surface area contributed by atoms with Crippen molar-refractivity contribution in [3.63, 3.8) is 0 Å². The number of aromatic nitrogens is 5. The predicted molar refractivity (Wildman–Crippen MR) is 106 cm³/mol. The third-order valence-electron chi connectivity index (χ3n) is 4.38. The normalized spacial score (nSPS) is 11.0. The van der Waals surface area contributed by atoms with Crippen molar-refractivity contribution in [2.75, 3.05) is 13.2 Å². The van der Waals surface area contributed by atoms with Crippen LogP contribution in [0.25, 0.3) is 22.6 Å². The summed E-state index contributed by atoms with van der Waals surface area (Å²) in [6.07, 6.45) is 1.90. The van der Waals surface area contributed by atoms with Gasteiger partial charge in [-0.2, -0.15) is 14.5 Å². The molecule has 4 aromatic rings. The Morgan fingerprint density at radius 2 is 1.88 bits per heavy atom. The van der Waals surface area contributed by atoms with Crippen LogP contribution in [0, 0.1) is 17.5 Å². The van der Waals surface area contributed by atoms with Crippen LogP contribution in [-0.4, -0.2) is 43.9 Å². The zero-order valence-corrected chi connectivity index (χ0v) is 16.8. The van der Waals surface area contributed by atoms with Crippen LogP contribution in [-0.2, 0) is 16.1 Å². The molecule has 0 radical (unpaired) electrons. The lowest BCUT2D eigenvalue weighted by Crippen LogP contribution is -2.11. The highest BCUT2D eigenvalue weighted by atomic mass is 19.1. The van der Waals surface area contributed by atoms with Gasteiger partial charge in [0.05, 0.1) is 24.3 Å². The molecule has 3 aromatic heterocycles. The van der Waals surface area contributed by atoms with Gasteiger partial charge in [-0.15, -0.1) is 0 Å². The van der Waals surface area contributed by atoms with Crippen molar-refractivity contribution in [3.8, 4) is 17.4 Å². The van der Waals surface area contributed by atoms with Crippen LogP contribution in [0.2, 0.25) is 0 Å². The lowest BCUT2D eigenvalue weighted by molar-refractivity contribution is -0.141. The molecule has 0 aliphatic rings. The van der Waals surface area contributed by atoms with E-state index in [1.807, 2.05) is 0 Å². The fourth-order valence-electron chi connectivity index (χ4n) is 2.99. The lowest BCUT2D eigenvalue weighted by Gasteiger charge is -2.07. The summed E-state index contributed by atoms with van der Waals surface area (Å²) < 4.78 is 53.5. The number of nitrogens with zero attached hydrogens (tertiary/aromatic N) is 5. The smallest absolute Gasteiger partial charge is 0.302 e. The molecule has 0 saturated carbocycles. The van der Waals surface area contributed by atoms with Crippen molar-refractivity contribution in [2.45, 2.75) is 13.5 Å². The summed E-state index contributed by atoms with van der Waals surface area (Å²) in [5.74, 6) is -2.82. The van der Waals surface area contributed by atoms with E-state index in [4.69, 9.17) is 9.47 Å². The van der Waals surface area contributed by atoms with Gasteiger partial charge in [0, 0.05) is 12.5 Å². The van der Waals surface area contributed by atoms with E-state index in [0.29, 0.717) is 5.56 Å². The number of esters is 1. The molecule has 0 aliphatic heterocycles. The fraction of sp³-hybridized carbons (Fsp3) is 0.190. The number of hydrogen-bond donors (Lipinski definition) is 0. The van der Waals surface area contributed by atoms with Gasteiger partial charge in [0.25, 0.3) is 5.88 Å². The predicted octanol–water partition coefficient (Wildman–Crippen LogP) is 3.30. The first kappa shape index (κ1) is 21.2. The Balaban J connectivity index is 1.71. The highest BCUT2D eigenvalue weighted by Gasteiger charge is 2.19. The quantitative estimate of drug-likeness (QED) is 0.320. The molecule has 0 saturated heterocycles. The molecular formula is C21H16F3N5O3. The van der Waals surface area contributed by atoms with Crippen molar-refractivity contribution in [1.82, 2.24) is 24.7 Å². The summed E-state index contributed by atoms with van der Waals surface area (Å²) in [6.45, 7) is 1.03. The lowest BCUT2D eigenvalue weighted by atomic mass is 10.2. The molecule has 32 heavy (non-hydrogen) atoms. The maximum atomic E-state index is 14.1. The zero-order valence-electron chi connectivity index (χ0n) is 16.8. The van der Waals surface area contributed by atoms with E-state index in [1.54, 1.807) is 18.2 Å². The van der Waals surface area contributed by atoms with E-state index < -0.39 is 23.4 Å². The first-order valence-corrected chi connectivity index (χ1v) is 9.47. The second kappa shape index (κ2) is 9.00. The SMILES string of the molecule is CC(=O)OCCOc1nc(-c2nn(Cc3ccccc3F)c3ncc(F)cc23)ncc1F. The summed E-state index contributed by atoms with van der Waals surface area (Å²) in [7, 11) is 0. The molecular weight excluding hydrogens is 427 g/mol. The number of carbonyl (C=O) groups is 1. The molecule has 8 nitrogen and oxygen atoms in total. The minimum Gasteiger partial charge on any atom is -0.472 e. The third kappa shape index (κ3) is 4.51. The van der Waals surface area contributed by atoms with Crippen LogP contribution in [0.4, 0.5) is 13.2 Å². The van der Waals surface area contributed by atoms with Gasteiger partial charge in [0.1, 0.15) is 30.5 Å². The first-order valence-electron chi connectivity index (χ1n) is 9.47. The standard InChI is InChI=1S/C21H16F3N5O3/c1-12(30)31-6-7-32-21-17(24)10-25-19(27-21)18-15-8-14(22)9-26-20(15)29(28-18)11-13-4-2-3-5-16(13)23/h2-5,8-10H,6-7,11H2,1H3. The molecule has 0 fully saturated rings. The van der Waals surface area contributed by atoms with Crippen LogP contribution in [0.1, 0.15) is 12.5 Å². The van der Waals surface area contributed by atoms with Crippen molar-refractivity contribution in [2.24, 2.45) is 0 Å². The largest absolute Gasteiger partial charge is 0.472 e. The highest BCUT2D eigenvalue weighted by Crippen LogP contribution is 2.27. The number of ether oxygens (including phenoxy) is 2. The van der Waals surface area contributed by atoms with Crippen molar-refractivity contribution >= 4 is 17.0 Å². The number of fused-ring (bicyclic) bond motifs is 1. The van der Waals surface area contributed by atoms with Crippen LogP contribution in [0.3, 0.4) is 0 Å². The van der Waals surface area contributed by atoms with E-state index in [-0.39, 0.29) is 48.2 Å². The summed E-state index contributed by atoms with van der Waals surface area (Å²) >= 11 is 0. The average Bonchev–Trinajstić information content (AvgIpc) is 3.11. The van der Waals surface area contributed by atoms with Crippen molar-refractivity contribution in [1.29, 1.82) is 0 Å². The van der Waals surface area contributed by atoms with Gasteiger partial charge in [0.15, 0.2) is 11.5 Å². The molecule has 11 heteroatoms. The summed E-state index contributed by atoms with van der Waals surface area (Å²) in [5.41, 5.74) is 0.743. The second-order valence-electron chi connectivity index (χ2n) is 6.66. The molecule has 4 rings (SSSR count). The van der Waals surface area contributed by atoms with E-state index in [2.05, 4.69) is 20.1 Å².